The van der Waals surface area contributed by atoms with Crippen LogP contribution >= 0.6 is 24.0 Å². The third-order valence-electron chi connectivity index (χ3n) is 5.30. The van der Waals surface area contributed by atoms with Crippen LogP contribution in [0, 0.1) is 0 Å². The third kappa shape index (κ3) is 6.46. The summed E-state index contributed by atoms with van der Waals surface area (Å²) < 4.78 is 13.6. The van der Waals surface area contributed by atoms with Crippen LogP contribution in [0.2, 0.25) is 0 Å². The maximum atomic E-state index is 5.94. The zero-order valence-electron chi connectivity index (χ0n) is 18.5. The molecule has 1 N–H and O–H groups in total. The average Bonchev–Trinajstić information content (AvgIpc) is 3.26. The number of nitrogens with one attached hydrogen (secondary N) is 1. The largest absolute Gasteiger partial charge is 0.489 e. The van der Waals surface area contributed by atoms with Crippen molar-refractivity contribution in [2.75, 3.05) is 26.7 Å². The minimum absolute atomic E-state index is 0. The Bertz CT molecular complexity index is 991. The van der Waals surface area contributed by atoms with Crippen molar-refractivity contribution in [3.8, 4) is 5.75 Å². The number of aromatic nitrogens is 2. The summed E-state index contributed by atoms with van der Waals surface area (Å²) in [5.74, 6) is 1.74. The number of aliphatic imine (C=N–C) groups is 1. The fourth-order valence-electron chi connectivity index (χ4n) is 3.61. The van der Waals surface area contributed by atoms with Crippen molar-refractivity contribution in [2.45, 2.75) is 19.3 Å². The van der Waals surface area contributed by atoms with E-state index in [1.54, 1.807) is 4.68 Å². The highest BCUT2D eigenvalue weighted by Crippen LogP contribution is 2.21. The summed E-state index contributed by atoms with van der Waals surface area (Å²) in [5.41, 5.74) is 3.42. The van der Waals surface area contributed by atoms with Crippen molar-refractivity contribution >= 4 is 29.9 Å². The quantitative estimate of drug-likeness (QED) is 0.289. The number of hydrogen-bond acceptors (Lipinski definition) is 4. The number of aryl methyl sites for hydroxylation is 1. The normalized spacial score (nSPS) is 16.4. The van der Waals surface area contributed by atoms with E-state index in [9.17, 15) is 0 Å². The van der Waals surface area contributed by atoms with Crippen LogP contribution in [0.3, 0.4) is 0 Å². The number of benzene rings is 2. The summed E-state index contributed by atoms with van der Waals surface area (Å²) >= 11 is 0. The zero-order chi connectivity index (χ0) is 21.5. The second-order valence-corrected chi connectivity index (χ2v) is 7.57. The highest BCUT2D eigenvalue weighted by Gasteiger charge is 2.25. The number of halogens is 1. The van der Waals surface area contributed by atoms with Gasteiger partial charge in [-0.2, -0.15) is 5.10 Å². The molecule has 0 radical (unpaired) electrons. The summed E-state index contributed by atoms with van der Waals surface area (Å²) in [4.78, 5) is 6.71. The second-order valence-electron chi connectivity index (χ2n) is 7.57. The van der Waals surface area contributed by atoms with E-state index < -0.39 is 0 Å². The smallest absolute Gasteiger partial charge is 0.194 e. The lowest BCUT2D eigenvalue weighted by atomic mass is 10.1. The van der Waals surface area contributed by atoms with Crippen molar-refractivity contribution in [1.29, 1.82) is 0 Å². The van der Waals surface area contributed by atoms with Crippen LogP contribution < -0.4 is 10.1 Å². The highest BCUT2D eigenvalue weighted by molar-refractivity contribution is 14.0. The molecule has 1 aliphatic heterocycles. The molecule has 1 unspecified atom stereocenters. The van der Waals surface area contributed by atoms with E-state index in [0.717, 1.165) is 35.9 Å². The van der Waals surface area contributed by atoms with Crippen LogP contribution in [0.1, 0.15) is 22.8 Å². The number of hydrogen-bond donors (Lipinski definition) is 1. The van der Waals surface area contributed by atoms with Gasteiger partial charge in [-0.15, -0.1) is 24.0 Å². The molecule has 0 bridgehead atoms. The first-order valence-corrected chi connectivity index (χ1v) is 10.5. The standard InChI is InChI=1S/C24H29N5O2.HI/c1-25-24(29-12-13-30-23(17-29)21-15-27-28(2)16-21)26-14-19-8-10-22(11-9-19)31-18-20-6-4-3-5-7-20;/h3-11,15-16,23H,12-14,17-18H2,1-2H3,(H,25,26);1H. The van der Waals surface area contributed by atoms with Gasteiger partial charge in [-0.25, -0.2) is 0 Å². The first kappa shape index (κ1) is 24.1. The van der Waals surface area contributed by atoms with Gasteiger partial charge in [0.2, 0.25) is 0 Å². The van der Waals surface area contributed by atoms with E-state index in [4.69, 9.17) is 9.47 Å². The summed E-state index contributed by atoms with van der Waals surface area (Å²) in [5, 5.41) is 7.73. The zero-order valence-corrected chi connectivity index (χ0v) is 20.8. The molecule has 1 saturated heterocycles. The molecule has 1 fully saturated rings. The highest BCUT2D eigenvalue weighted by atomic mass is 127. The lowest BCUT2D eigenvalue weighted by Gasteiger charge is -2.34. The molecule has 3 aromatic rings. The molecule has 2 aromatic carbocycles. The number of rotatable bonds is 6. The minimum atomic E-state index is 0. The maximum absolute atomic E-state index is 5.94. The Hall–Kier alpha value is -2.59. The molecule has 0 spiro atoms. The van der Waals surface area contributed by atoms with Gasteiger partial charge in [-0.3, -0.25) is 9.67 Å². The van der Waals surface area contributed by atoms with Gasteiger partial charge >= 0.3 is 0 Å². The Morgan fingerprint density at radius 2 is 1.94 bits per heavy atom. The summed E-state index contributed by atoms with van der Waals surface area (Å²) in [6.07, 6.45) is 3.87. The molecule has 0 saturated carbocycles. The molecule has 1 aliphatic rings. The topological polar surface area (TPSA) is 63.9 Å². The van der Waals surface area contributed by atoms with Gasteiger partial charge in [0.15, 0.2) is 5.96 Å². The number of guanidine groups is 1. The Kier molecular flexibility index (Phi) is 8.92. The monoisotopic (exact) mass is 547 g/mol. The second kappa shape index (κ2) is 11.9. The molecular weight excluding hydrogens is 517 g/mol. The summed E-state index contributed by atoms with van der Waals surface area (Å²) in [6, 6.07) is 18.4. The van der Waals surface area contributed by atoms with E-state index in [-0.39, 0.29) is 30.1 Å². The van der Waals surface area contributed by atoms with Crippen LogP contribution in [0.5, 0.6) is 5.75 Å². The SMILES string of the molecule is CN=C(NCc1ccc(OCc2ccccc2)cc1)N1CCOC(c2cnn(C)c2)C1.I. The van der Waals surface area contributed by atoms with Crippen LogP contribution in [0.4, 0.5) is 0 Å². The Morgan fingerprint density at radius 3 is 2.62 bits per heavy atom. The molecule has 170 valence electrons. The molecular formula is C24H30IN5O2. The molecule has 4 rings (SSSR count). The Morgan fingerprint density at radius 1 is 1.16 bits per heavy atom. The Labute approximate surface area is 206 Å². The number of ether oxygens (including phenoxy) is 2. The van der Waals surface area contributed by atoms with E-state index in [2.05, 4.69) is 44.6 Å². The van der Waals surface area contributed by atoms with Crippen LogP contribution in [-0.2, 0) is 24.9 Å². The fraction of sp³-hybridized carbons (Fsp3) is 0.333. The van der Waals surface area contributed by atoms with Crippen molar-refractivity contribution in [3.05, 3.63) is 83.7 Å². The van der Waals surface area contributed by atoms with E-state index >= 15 is 0 Å². The van der Waals surface area contributed by atoms with Crippen molar-refractivity contribution in [2.24, 2.45) is 12.0 Å². The predicted octanol–water partition coefficient (Wildman–Crippen LogP) is 3.77. The van der Waals surface area contributed by atoms with Crippen LogP contribution in [0.25, 0.3) is 0 Å². The van der Waals surface area contributed by atoms with Crippen molar-refractivity contribution in [1.82, 2.24) is 20.0 Å². The predicted molar refractivity (Wildman–Crippen MR) is 136 cm³/mol. The lowest BCUT2D eigenvalue weighted by molar-refractivity contribution is -0.00805. The first-order valence-electron chi connectivity index (χ1n) is 10.5. The molecule has 32 heavy (non-hydrogen) atoms. The van der Waals surface area contributed by atoms with Crippen molar-refractivity contribution in [3.63, 3.8) is 0 Å². The van der Waals surface area contributed by atoms with Crippen LogP contribution in [-0.4, -0.2) is 47.4 Å². The summed E-state index contributed by atoms with van der Waals surface area (Å²) in [6.45, 7) is 3.48. The number of nitrogens with zero attached hydrogens (tertiary/aromatic N) is 4. The first-order chi connectivity index (χ1) is 15.2. The third-order valence-corrected chi connectivity index (χ3v) is 5.30. The van der Waals surface area contributed by atoms with Gasteiger partial charge in [0.25, 0.3) is 0 Å². The molecule has 2 heterocycles. The van der Waals surface area contributed by atoms with Crippen LogP contribution in [0.15, 0.2) is 72.0 Å². The minimum Gasteiger partial charge on any atom is -0.489 e. The van der Waals surface area contributed by atoms with Gasteiger partial charge in [0.1, 0.15) is 18.5 Å². The van der Waals surface area contributed by atoms with Gasteiger partial charge in [-0.05, 0) is 23.3 Å². The molecule has 8 heteroatoms. The van der Waals surface area contributed by atoms with Gasteiger partial charge in [-0.1, -0.05) is 42.5 Å². The molecule has 1 atom stereocenters. The van der Waals surface area contributed by atoms with Gasteiger partial charge in [0, 0.05) is 38.9 Å². The van der Waals surface area contributed by atoms with E-state index in [0.29, 0.717) is 19.8 Å². The maximum Gasteiger partial charge on any atom is 0.194 e. The lowest BCUT2D eigenvalue weighted by Crippen LogP contribution is -2.47. The molecule has 1 aromatic heterocycles. The fourth-order valence-corrected chi connectivity index (χ4v) is 3.61. The Balaban J connectivity index is 0.00000289. The molecule has 0 aliphatic carbocycles. The summed E-state index contributed by atoms with van der Waals surface area (Å²) in [7, 11) is 3.74. The van der Waals surface area contributed by atoms with Gasteiger partial charge < -0.3 is 19.7 Å². The van der Waals surface area contributed by atoms with Crippen molar-refractivity contribution < 1.29 is 9.47 Å². The average molecular weight is 547 g/mol. The van der Waals surface area contributed by atoms with Gasteiger partial charge in [0.05, 0.1) is 19.3 Å². The molecule has 0 amide bonds. The number of morpholine rings is 1. The molecule has 7 nitrogen and oxygen atoms in total. The van der Waals surface area contributed by atoms with E-state index in [1.165, 1.54) is 5.56 Å². The van der Waals surface area contributed by atoms with E-state index in [1.807, 2.05) is 56.8 Å².